The van der Waals surface area contributed by atoms with Crippen LogP contribution in [0.4, 0.5) is 11.5 Å². The van der Waals surface area contributed by atoms with Gasteiger partial charge in [0.15, 0.2) is 20.8 Å². The number of rotatable bonds is 6. The predicted octanol–water partition coefficient (Wildman–Crippen LogP) is 3.14. The van der Waals surface area contributed by atoms with Gasteiger partial charge < -0.3 is 20.3 Å². The van der Waals surface area contributed by atoms with Crippen molar-refractivity contribution in [2.75, 3.05) is 37.0 Å². The number of anilines is 2. The van der Waals surface area contributed by atoms with Gasteiger partial charge in [-0.15, -0.1) is 0 Å². The summed E-state index contributed by atoms with van der Waals surface area (Å²) in [6, 6.07) is 12.6. The minimum absolute atomic E-state index is 0.107. The lowest BCUT2D eigenvalue weighted by Crippen LogP contribution is -2.44. The first-order valence-corrected chi connectivity index (χ1v) is 13.7. The third kappa shape index (κ3) is 4.54. The maximum absolute atomic E-state index is 13.7. The fraction of sp³-hybridized carbons (Fsp3) is 0.360. The van der Waals surface area contributed by atoms with Gasteiger partial charge in [-0.05, 0) is 68.4 Å². The third-order valence-corrected chi connectivity index (χ3v) is 9.49. The first-order valence-electron chi connectivity index (χ1n) is 11.8. The predicted molar refractivity (Wildman–Crippen MR) is 143 cm³/mol. The van der Waals surface area contributed by atoms with E-state index in [0.29, 0.717) is 55.0 Å². The van der Waals surface area contributed by atoms with Crippen LogP contribution in [0.2, 0.25) is 0 Å². The minimum Gasteiger partial charge on any atom is -0.377 e. The van der Waals surface area contributed by atoms with Crippen LogP contribution < -0.4 is 15.5 Å². The molecule has 1 aliphatic carbocycles. The average Bonchev–Trinajstić information content (AvgIpc) is 3.72. The molecule has 0 amide bonds. The van der Waals surface area contributed by atoms with Gasteiger partial charge in [0.1, 0.15) is 10.6 Å². The Morgan fingerprint density at radius 3 is 2.50 bits per heavy atom. The maximum Gasteiger partial charge on any atom is 0.189 e. The summed E-state index contributed by atoms with van der Waals surface area (Å²) in [5.74, 6) is 1.20. The second-order valence-electron chi connectivity index (χ2n) is 9.01. The van der Waals surface area contributed by atoms with Crippen molar-refractivity contribution in [3.05, 3.63) is 60.6 Å². The van der Waals surface area contributed by atoms with E-state index < -0.39 is 14.6 Å². The summed E-state index contributed by atoms with van der Waals surface area (Å²) in [6.07, 6.45) is 4.03. The second kappa shape index (κ2) is 9.72. The molecule has 0 bridgehead atoms. The van der Waals surface area contributed by atoms with Crippen LogP contribution in [0.25, 0.3) is 11.4 Å². The molecule has 1 aromatic carbocycles. The first-order chi connectivity index (χ1) is 17.3. The van der Waals surface area contributed by atoms with E-state index in [-0.39, 0.29) is 10.9 Å². The van der Waals surface area contributed by atoms with Gasteiger partial charge in [-0.3, -0.25) is 4.98 Å². The van der Waals surface area contributed by atoms with E-state index in [4.69, 9.17) is 26.9 Å². The molecule has 2 aliphatic rings. The number of hydrogen-bond donors (Lipinski definition) is 2. The Balaban J connectivity index is 1.59. The standard InChI is InChI=1S/C25H28N6O3S2/c1-17-16-34-14-13-31(17)22-15-21(25(9-10-25)36(32,33)20-7-11-27-12-8-20)29-23(30-22)18-3-5-19(6-4-18)28-24(35)26-2/h3-8,11-12,15,17H,9-10,13-14,16H2,1-2H3,(H2,26,28,35)/t17-/m0/s1. The van der Waals surface area contributed by atoms with Crippen LogP contribution in [0.1, 0.15) is 25.5 Å². The quantitative estimate of drug-likeness (QED) is 0.467. The zero-order chi connectivity index (χ0) is 25.3. The number of morpholine rings is 1. The molecule has 3 aromatic rings. The lowest BCUT2D eigenvalue weighted by atomic mass is 10.1. The van der Waals surface area contributed by atoms with E-state index >= 15 is 0 Å². The summed E-state index contributed by atoms with van der Waals surface area (Å²) in [7, 11) is -1.91. The van der Waals surface area contributed by atoms with Crippen molar-refractivity contribution in [3.63, 3.8) is 0 Å². The molecule has 11 heteroatoms. The highest BCUT2D eigenvalue weighted by Gasteiger charge is 2.58. The minimum atomic E-state index is -3.67. The molecule has 0 unspecified atom stereocenters. The summed E-state index contributed by atoms with van der Waals surface area (Å²) in [5, 5.41) is 6.50. The number of sulfone groups is 1. The molecule has 188 valence electrons. The largest absolute Gasteiger partial charge is 0.377 e. The summed E-state index contributed by atoms with van der Waals surface area (Å²) >= 11 is 5.18. The Morgan fingerprint density at radius 1 is 1.14 bits per heavy atom. The molecule has 0 spiro atoms. The number of nitrogens with zero attached hydrogens (tertiary/aromatic N) is 4. The number of pyridine rings is 1. The normalized spacial score (nSPS) is 18.9. The van der Waals surface area contributed by atoms with Crippen molar-refractivity contribution in [3.8, 4) is 11.4 Å². The summed E-state index contributed by atoms with van der Waals surface area (Å²) in [4.78, 5) is 16.1. The summed E-state index contributed by atoms with van der Waals surface area (Å²) in [6.45, 7) is 3.92. The van der Waals surface area contributed by atoms with Gasteiger partial charge in [0, 0.05) is 43.3 Å². The van der Waals surface area contributed by atoms with Gasteiger partial charge >= 0.3 is 0 Å². The molecular weight excluding hydrogens is 496 g/mol. The van der Waals surface area contributed by atoms with E-state index in [0.717, 1.165) is 11.3 Å². The molecule has 1 aliphatic heterocycles. The van der Waals surface area contributed by atoms with Gasteiger partial charge in [-0.25, -0.2) is 18.4 Å². The van der Waals surface area contributed by atoms with Crippen LogP contribution in [-0.2, 0) is 19.3 Å². The Labute approximate surface area is 216 Å². The molecular formula is C25H28N6O3S2. The monoisotopic (exact) mass is 524 g/mol. The van der Waals surface area contributed by atoms with Gasteiger partial charge in [0.05, 0.1) is 29.8 Å². The highest BCUT2D eigenvalue weighted by molar-refractivity contribution is 7.92. The van der Waals surface area contributed by atoms with Crippen molar-refractivity contribution >= 4 is 38.7 Å². The highest BCUT2D eigenvalue weighted by atomic mass is 32.2. The fourth-order valence-corrected chi connectivity index (χ4v) is 6.50. The highest BCUT2D eigenvalue weighted by Crippen LogP contribution is 2.55. The molecule has 0 radical (unpaired) electrons. The number of hydrogen-bond acceptors (Lipinski definition) is 8. The van der Waals surface area contributed by atoms with Crippen LogP contribution in [0.5, 0.6) is 0 Å². The van der Waals surface area contributed by atoms with Crippen LogP contribution in [0.15, 0.2) is 59.8 Å². The van der Waals surface area contributed by atoms with Gasteiger partial charge in [0.25, 0.3) is 0 Å². The molecule has 1 saturated heterocycles. The number of thiocarbonyl (C=S) groups is 1. The Bertz CT molecular complexity index is 1360. The number of ether oxygens (including phenoxy) is 1. The summed E-state index contributed by atoms with van der Waals surface area (Å²) in [5.41, 5.74) is 2.14. The molecule has 36 heavy (non-hydrogen) atoms. The van der Waals surface area contributed by atoms with Crippen LogP contribution in [-0.4, -0.2) is 61.3 Å². The molecule has 2 fully saturated rings. The average molecular weight is 525 g/mol. The van der Waals surface area contributed by atoms with Gasteiger partial charge in [-0.1, -0.05) is 0 Å². The molecule has 1 saturated carbocycles. The van der Waals surface area contributed by atoms with Crippen LogP contribution in [0, 0.1) is 0 Å². The van der Waals surface area contributed by atoms with Crippen molar-refractivity contribution in [2.45, 2.75) is 35.4 Å². The van der Waals surface area contributed by atoms with E-state index in [1.807, 2.05) is 30.3 Å². The molecule has 2 N–H and O–H groups in total. The lowest BCUT2D eigenvalue weighted by Gasteiger charge is -2.34. The zero-order valence-corrected chi connectivity index (χ0v) is 21.8. The van der Waals surface area contributed by atoms with E-state index in [1.54, 1.807) is 19.2 Å². The third-order valence-electron chi connectivity index (χ3n) is 6.65. The Morgan fingerprint density at radius 2 is 1.86 bits per heavy atom. The molecule has 9 nitrogen and oxygen atoms in total. The first kappa shape index (κ1) is 24.5. The Kier molecular flexibility index (Phi) is 6.62. The van der Waals surface area contributed by atoms with Crippen LogP contribution in [0.3, 0.4) is 0 Å². The Hall–Kier alpha value is -3.15. The topological polar surface area (TPSA) is 109 Å². The molecule has 3 heterocycles. The molecule has 2 aromatic heterocycles. The number of nitrogens with one attached hydrogen (secondary N) is 2. The number of benzene rings is 1. The van der Waals surface area contributed by atoms with Crippen molar-refractivity contribution in [1.29, 1.82) is 0 Å². The van der Waals surface area contributed by atoms with E-state index in [1.165, 1.54) is 12.4 Å². The van der Waals surface area contributed by atoms with Crippen molar-refractivity contribution < 1.29 is 13.2 Å². The number of aromatic nitrogens is 3. The fourth-order valence-electron chi connectivity index (χ4n) is 4.43. The van der Waals surface area contributed by atoms with Gasteiger partial charge in [-0.2, -0.15) is 0 Å². The smallest absolute Gasteiger partial charge is 0.189 e. The zero-order valence-electron chi connectivity index (χ0n) is 20.1. The van der Waals surface area contributed by atoms with Gasteiger partial charge in [0.2, 0.25) is 0 Å². The lowest BCUT2D eigenvalue weighted by molar-refractivity contribution is 0.0985. The van der Waals surface area contributed by atoms with Crippen molar-refractivity contribution in [1.82, 2.24) is 20.3 Å². The summed E-state index contributed by atoms with van der Waals surface area (Å²) < 4.78 is 32.0. The van der Waals surface area contributed by atoms with E-state index in [2.05, 4.69) is 27.4 Å². The molecule has 5 rings (SSSR count). The second-order valence-corrected chi connectivity index (χ2v) is 11.7. The van der Waals surface area contributed by atoms with E-state index in [9.17, 15) is 8.42 Å². The maximum atomic E-state index is 13.7. The SMILES string of the molecule is CNC(=S)Nc1ccc(-c2nc(N3CCOC[C@@H]3C)cc(C3(S(=O)(=O)c4ccncc4)CC3)n2)cc1. The molecule has 1 atom stereocenters. The van der Waals surface area contributed by atoms with Crippen LogP contribution >= 0.6 is 12.2 Å². The van der Waals surface area contributed by atoms with Crippen molar-refractivity contribution in [2.24, 2.45) is 0 Å².